The van der Waals surface area contributed by atoms with Crippen LogP contribution in [0.4, 0.5) is 0 Å². The fraction of sp³-hybridized carbons (Fsp3) is 0.423. The molecule has 7 nitrogen and oxygen atoms in total. The molecule has 0 radical (unpaired) electrons. The van der Waals surface area contributed by atoms with Crippen molar-refractivity contribution in [3.8, 4) is 5.75 Å². The molecule has 0 fully saturated rings. The lowest BCUT2D eigenvalue weighted by Gasteiger charge is -2.36. The number of hydrogen-bond acceptors (Lipinski definition) is 5. The fourth-order valence-electron chi connectivity index (χ4n) is 4.64. The molecular weight excluding hydrogens is 416 g/mol. The molecule has 0 atom stereocenters. The van der Waals surface area contributed by atoms with Crippen LogP contribution in [0.5, 0.6) is 5.75 Å². The summed E-state index contributed by atoms with van der Waals surface area (Å²) in [6.07, 6.45) is 1.85. The van der Waals surface area contributed by atoms with Gasteiger partial charge in [0.2, 0.25) is 5.91 Å². The van der Waals surface area contributed by atoms with Crippen LogP contribution in [0.1, 0.15) is 67.1 Å². The van der Waals surface area contributed by atoms with Crippen molar-refractivity contribution in [3.63, 3.8) is 0 Å². The van der Waals surface area contributed by atoms with E-state index < -0.39 is 5.54 Å². The van der Waals surface area contributed by atoms with Gasteiger partial charge in [-0.05, 0) is 49.1 Å². The number of carbonyl (C=O) groups excluding carboxylic acids is 2. The minimum Gasteiger partial charge on any atom is -0.494 e. The van der Waals surface area contributed by atoms with Crippen molar-refractivity contribution in [1.29, 1.82) is 0 Å². The van der Waals surface area contributed by atoms with Gasteiger partial charge in [0.15, 0.2) is 5.96 Å². The molecule has 2 aromatic carbocycles. The van der Waals surface area contributed by atoms with E-state index >= 15 is 0 Å². The monoisotopic (exact) mass is 448 g/mol. The van der Waals surface area contributed by atoms with Crippen molar-refractivity contribution in [2.24, 2.45) is 10.7 Å². The Morgan fingerprint density at radius 3 is 2.33 bits per heavy atom. The number of nitrogens with two attached hydrogens (primary N) is 1. The largest absolute Gasteiger partial charge is 0.494 e. The van der Waals surface area contributed by atoms with Crippen LogP contribution >= 0.6 is 0 Å². The maximum absolute atomic E-state index is 13.3. The highest BCUT2D eigenvalue weighted by molar-refractivity contribution is 5.99. The highest BCUT2D eigenvalue weighted by Gasteiger charge is 2.37. The Hall–Kier alpha value is -3.35. The molecule has 2 heterocycles. The van der Waals surface area contributed by atoms with Gasteiger partial charge < -0.3 is 15.4 Å². The van der Waals surface area contributed by atoms with E-state index in [0.717, 1.165) is 18.4 Å². The molecule has 4 rings (SSSR count). The van der Waals surface area contributed by atoms with Crippen LogP contribution in [-0.4, -0.2) is 39.7 Å². The average molecular weight is 449 g/mol. The molecule has 2 amide bonds. The van der Waals surface area contributed by atoms with Gasteiger partial charge in [0.25, 0.3) is 5.91 Å². The number of nitrogens with zero attached hydrogens (tertiary/aromatic N) is 3. The molecule has 33 heavy (non-hydrogen) atoms. The SMILES string of the molecule is CCOc1ccc(C(=O)N2Cc3ccccc3C2)cc1CN1C(=O)CC(CC)(CC)N=C1N. The molecular formula is C26H32N4O3. The van der Waals surface area contributed by atoms with Crippen molar-refractivity contribution in [2.75, 3.05) is 6.61 Å². The molecule has 2 N–H and O–H groups in total. The first kappa shape index (κ1) is 22.8. The fourth-order valence-corrected chi connectivity index (χ4v) is 4.64. The topological polar surface area (TPSA) is 88.2 Å². The molecule has 0 spiro atoms. The standard InChI is InChI=1S/C26H32N4O3/c1-4-26(5-2)14-23(31)30(25(27)28-26)17-21-13-18(11-12-22(21)33-6-3)24(32)29-15-19-9-7-8-10-20(19)16-29/h7-13H,4-6,14-17H2,1-3H3,(H2,27,28). The number of ether oxygens (including phenoxy) is 1. The second-order valence-corrected chi connectivity index (χ2v) is 8.74. The van der Waals surface area contributed by atoms with E-state index in [1.165, 1.54) is 16.0 Å². The van der Waals surface area contributed by atoms with Gasteiger partial charge >= 0.3 is 0 Å². The Kier molecular flexibility index (Phi) is 6.40. The lowest BCUT2D eigenvalue weighted by molar-refractivity contribution is -0.130. The van der Waals surface area contributed by atoms with Gasteiger partial charge in [0, 0.05) is 24.2 Å². The van der Waals surface area contributed by atoms with Gasteiger partial charge in [0.05, 0.1) is 25.1 Å². The van der Waals surface area contributed by atoms with Crippen LogP contribution in [0.25, 0.3) is 0 Å². The molecule has 0 saturated carbocycles. The maximum atomic E-state index is 13.3. The van der Waals surface area contributed by atoms with E-state index in [4.69, 9.17) is 10.5 Å². The maximum Gasteiger partial charge on any atom is 0.254 e. The first-order valence-corrected chi connectivity index (χ1v) is 11.7. The van der Waals surface area contributed by atoms with Crippen LogP contribution in [0, 0.1) is 0 Å². The molecule has 2 aromatic rings. The molecule has 2 aliphatic heterocycles. The first-order valence-electron chi connectivity index (χ1n) is 11.7. The predicted octanol–water partition coefficient (Wildman–Crippen LogP) is 3.85. The minimum absolute atomic E-state index is 0.0434. The Morgan fingerprint density at radius 2 is 1.76 bits per heavy atom. The normalized spacial score (nSPS) is 17.1. The third kappa shape index (κ3) is 4.45. The van der Waals surface area contributed by atoms with Gasteiger partial charge in [-0.3, -0.25) is 14.5 Å². The number of aliphatic imine (C=N–C) groups is 1. The number of amides is 2. The lowest BCUT2D eigenvalue weighted by atomic mass is 9.88. The number of rotatable bonds is 7. The Labute approximate surface area is 195 Å². The molecule has 7 heteroatoms. The van der Waals surface area contributed by atoms with Crippen LogP contribution < -0.4 is 10.5 Å². The van der Waals surface area contributed by atoms with Gasteiger partial charge in [-0.2, -0.15) is 0 Å². The average Bonchev–Trinajstić information content (AvgIpc) is 3.26. The van der Waals surface area contributed by atoms with Gasteiger partial charge in [0.1, 0.15) is 5.75 Å². The predicted molar refractivity (Wildman–Crippen MR) is 128 cm³/mol. The minimum atomic E-state index is -0.428. The third-order valence-corrected chi connectivity index (χ3v) is 6.79. The quantitative estimate of drug-likeness (QED) is 0.697. The van der Waals surface area contributed by atoms with Crippen LogP contribution in [0.2, 0.25) is 0 Å². The zero-order chi connectivity index (χ0) is 23.6. The summed E-state index contributed by atoms with van der Waals surface area (Å²) in [5.41, 5.74) is 9.49. The summed E-state index contributed by atoms with van der Waals surface area (Å²) >= 11 is 0. The highest BCUT2D eigenvalue weighted by Crippen LogP contribution is 2.32. The molecule has 0 unspecified atom stereocenters. The van der Waals surface area contributed by atoms with Crippen LogP contribution in [0.15, 0.2) is 47.5 Å². The summed E-state index contributed by atoms with van der Waals surface area (Å²) in [6.45, 7) is 7.85. The molecule has 2 aliphatic rings. The molecule has 0 aliphatic carbocycles. The summed E-state index contributed by atoms with van der Waals surface area (Å²) in [5, 5.41) is 0. The number of guanidine groups is 1. The molecule has 0 aromatic heterocycles. The van der Waals surface area contributed by atoms with Gasteiger partial charge in [-0.15, -0.1) is 0 Å². The van der Waals surface area contributed by atoms with E-state index in [-0.39, 0.29) is 24.3 Å². The summed E-state index contributed by atoms with van der Waals surface area (Å²) in [4.78, 5) is 34.3. The summed E-state index contributed by atoms with van der Waals surface area (Å²) in [5.74, 6) is 0.768. The number of hydrogen-bond donors (Lipinski definition) is 1. The van der Waals surface area contributed by atoms with Crippen LogP contribution in [0.3, 0.4) is 0 Å². The summed E-state index contributed by atoms with van der Waals surface area (Å²) in [7, 11) is 0. The third-order valence-electron chi connectivity index (χ3n) is 6.79. The zero-order valence-electron chi connectivity index (χ0n) is 19.6. The highest BCUT2D eigenvalue weighted by atomic mass is 16.5. The molecule has 0 bridgehead atoms. The van der Waals surface area contributed by atoms with Crippen LogP contribution in [-0.2, 0) is 24.4 Å². The smallest absolute Gasteiger partial charge is 0.254 e. The van der Waals surface area contributed by atoms with Crippen molar-refractivity contribution in [2.45, 2.75) is 65.2 Å². The van der Waals surface area contributed by atoms with E-state index in [1.807, 2.05) is 43.9 Å². The van der Waals surface area contributed by atoms with E-state index in [0.29, 0.717) is 37.4 Å². The number of benzene rings is 2. The van der Waals surface area contributed by atoms with Crippen molar-refractivity contribution in [1.82, 2.24) is 9.80 Å². The Morgan fingerprint density at radius 1 is 1.09 bits per heavy atom. The van der Waals surface area contributed by atoms with E-state index in [2.05, 4.69) is 17.1 Å². The van der Waals surface area contributed by atoms with E-state index in [1.54, 1.807) is 12.1 Å². The Balaban J connectivity index is 1.60. The molecule has 0 saturated heterocycles. The van der Waals surface area contributed by atoms with Crippen molar-refractivity contribution < 1.29 is 14.3 Å². The summed E-state index contributed by atoms with van der Waals surface area (Å²) < 4.78 is 5.80. The van der Waals surface area contributed by atoms with Crippen molar-refractivity contribution >= 4 is 17.8 Å². The number of carbonyl (C=O) groups is 2. The first-order chi connectivity index (χ1) is 15.9. The Bertz CT molecular complexity index is 1070. The lowest BCUT2D eigenvalue weighted by Crippen LogP contribution is -2.50. The van der Waals surface area contributed by atoms with E-state index in [9.17, 15) is 9.59 Å². The zero-order valence-corrected chi connectivity index (χ0v) is 19.6. The number of fused-ring (bicyclic) bond motifs is 1. The second kappa shape index (κ2) is 9.25. The van der Waals surface area contributed by atoms with Crippen molar-refractivity contribution in [3.05, 3.63) is 64.7 Å². The van der Waals surface area contributed by atoms with Gasteiger partial charge in [-0.1, -0.05) is 38.1 Å². The summed E-state index contributed by atoms with van der Waals surface area (Å²) in [6, 6.07) is 13.5. The van der Waals surface area contributed by atoms with Gasteiger partial charge in [-0.25, -0.2) is 4.99 Å². The second-order valence-electron chi connectivity index (χ2n) is 8.74. The molecule has 174 valence electrons.